The Morgan fingerprint density at radius 1 is 1.44 bits per heavy atom. The van der Waals surface area contributed by atoms with Crippen molar-refractivity contribution in [2.24, 2.45) is 0 Å². The highest BCUT2D eigenvalue weighted by atomic mass is 127. The van der Waals surface area contributed by atoms with Crippen LogP contribution in [0, 0.1) is 11.7 Å². The van der Waals surface area contributed by atoms with Crippen LogP contribution in [0.4, 0.5) is 5.69 Å². The second kappa shape index (κ2) is 10.9. The van der Waals surface area contributed by atoms with E-state index >= 15 is 0 Å². The number of pyridine rings is 1. The van der Waals surface area contributed by atoms with Gasteiger partial charge in [-0.1, -0.05) is 7.43 Å². The second-order valence-corrected chi connectivity index (χ2v) is 5.66. The molecule has 0 aliphatic carbocycles. The molecule has 0 N–H and O–H groups in total. The number of nitrogens with zero attached hydrogens (tertiary/aromatic N) is 2. The summed E-state index contributed by atoms with van der Waals surface area (Å²) >= 11 is 5.35. The Kier molecular flexibility index (Phi) is 10.9. The summed E-state index contributed by atoms with van der Waals surface area (Å²) in [4.78, 5) is 6.47. The van der Waals surface area contributed by atoms with Gasteiger partial charge in [0.2, 0.25) is 0 Å². The van der Waals surface area contributed by atoms with Gasteiger partial charge in [0.05, 0.1) is 25.1 Å². The number of terminal acetylenes is 1. The normalized spacial score (nSPS) is 13.7. The molecule has 0 radical (unpaired) electrons. The zero-order chi connectivity index (χ0) is 12.5. The molecule has 2 rings (SSSR count). The molecule has 0 bridgehead atoms. The molecular weight excluding hydrogens is 427 g/mol. The number of morpholine rings is 1. The van der Waals surface area contributed by atoms with E-state index in [4.69, 9.17) is 11.2 Å². The lowest BCUT2D eigenvalue weighted by Crippen LogP contribution is -2.36. The van der Waals surface area contributed by atoms with Gasteiger partial charge in [-0.2, -0.15) is 0 Å². The van der Waals surface area contributed by atoms with E-state index in [1.807, 2.05) is 33.5 Å². The number of rotatable bonds is 1. The van der Waals surface area contributed by atoms with Crippen LogP contribution in [-0.4, -0.2) is 31.3 Å². The van der Waals surface area contributed by atoms with Gasteiger partial charge in [0, 0.05) is 34.3 Å². The van der Waals surface area contributed by atoms with Crippen LogP contribution in [0.25, 0.3) is 0 Å². The molecule has 0 unspecified atom stereocenters. The van der Waals surface area contributed by atoms with Gasteiger partial charge < -0.3 is 9.64 Å². The molecule has 1 aromatic heterocycles. The molecule has 1 aliphatic rings. The van der Waals surface area contributed by atoms with E-state index in [2.05, 4.69) is 37.1 Å². The topological polar surface area (TPSA) is 25.4 Å². The van der Waals surface area contributed by atoms with E-state index in [1.165, 1.54) is 14.6 Å². The third-order valence-electron chi connectivity index (χ3n) is 2.13. The van der Waals surface area contributed by atoms with Crippen molar-refractivity contribution in [3.63, 3.8) is 0 Å². The van der Waals surface area contributed by atoms with Crippen molar-refractivity contribution in [3.05, 3.63) is 22.9 Å². The minimum absolute atomic E-state index is 0. The summed E-state index contributed by atoms with van der Waals surface area (Å²) in [5, 5.41) is 2.33. The van der Waals surface area contributed by atoms with Gasteiger partial charge in [-0.15, -0.1) is 6.42 Å². The lowest BCUT2D eigenvalue weighted by atomic mass is 10.3. The fourth-order valence-corrected chi connectivity index (χ4v) is 1.61. The summed E-state index contributed by atoms with van der Waals surface area (Å²) in [5.74, 6) is 0. The molecule has 18 heavy (non-hydrogen) atoms. The molecule has 0 saturated carbocycles. The SMILES string of the molecule is Brc1ccc(N2CCOCC2)cn1.C.C#CSI. The fraction of sp³-hybridized carbons (Fsp3) is 0.417. The summed E-state index contributed by atoms with van der Waals surface area (Å²) < 4.78 is 6.15. The average Bonchev–Trinajstić information content (AvgIpc) is 2.41. The van der Waals surface area contributed by atoms with E-state index in [9.17, 15) is 0 Å². The van der Waals surface area contributed by atoms with Crippen molar-refractivity contribution in [1.29, 1.82) is 0 Å². The van der Waals surface area contributed by atoms with Crippen molar-refractivity contribution >= 4 is 51.8 Å². The summed E-state index contributed by atoms with van der Waals surface area (Å²) in [6.45, 7) is 3.55. The molecule has 0 spiro atoms. The van der Waals surface area contributed by atoms with E-state index in [1.54, 1.807) is 0 Å². The molecule has 3 nitrogen and oxygen atoms in total. The van der Waals surface area contributed by atoms with Crippen LogP contribution in [0.3, 0.4) is 0 Å². The third kappa shape index (κ3) is 6.83. The Morgan fingerprint density at radius 3 is 2.50 bits per heavy atom. The standard InChI is InChI=1S/C9H11BrN2O.C2HIS.CH4/c10-9-2-1-8(7-11-9)12-3-5-13-6-4-12;1-2-4-3;/h1-2,7H,3-6H2;1H;1H4. The molecule has 2 heterocycles. The number of aromatic nitrogens is 1. The largest absolute Gasteiger partial charge is 0.378 e. The molecule has 1 saturated heterocycles. The number of ether oxygens (including phenoxy) is 1. The molecule has 0 aromatic carbocycles. The Morgan fingerprint density at radius 2 is 2.06 bits per heavy atom. The van der Waals surface area contributed by atoms with Gasteiger partial charge in [0.15, 0.2) is 0 Å². The lowest BCUT2D eigenvalue weighted by molar-refractivity contribution is 0.122. The van der Waals surface area contributed by atoms with Crippen molar-refractivity contribution in [2.45, 2.75) is 7.43 Å². The van der Waals surface area contributed by atoms with E-state index in [0.717, 1.165) is 30.9 Å². The molecule has 1 aromatic rings. The first-order valence-electron chi connectivity index (χ1n) is 4.95. The first-order chi connectivity index (χ1) is 8.27. The highest BCUT2D eigenvalue weighted by Crippen LogP contribution is 2.16. The molecule has 100 valence electrons. The smallest absolute Gasteiger partial charge is 0.106 e. The van der Waals surface area contributed by atoms with E-state index in [0.29, 0.717) is 0 Å². The van der Waals surface area contributed by atoms with E-state index < -0.39 is 0 Å². The van der Waals surface area contributed by atoms with Gasteiger partial charge in [-0.3, -0.25) is 0 Å². The summed E-state index contributed by atoms with van der Waals surface area (Å²) in [5.41, 5.74) is 1.17. The van der Waals surface area contributed by atoms with E-state index in [-0.39, 0.29) is 7.43 Å². The maximum absolute atomic E-state index is 5.27. The fourth-order valence-electron chi connectivity index (χ4n) is 1.38. The molecule has 0 atom stereocenters. The molecule has 1 aliphatic heterocycles. The van der Waals surface area contributed by atoms with Crippen LogP contribution in [0.2, 0.25) is 0 Å². The minimum atomic E-state index is 0. The molecular formula is C12H16BrIN2OS. The van der Waals surface area contributed by atoms with Gasteiger partial charge in [-0.05, 0) is 42.2 Å². The Bertz CT molecular complexity index is 363. The lowest BCUT2D eigenvalue weighted by Gasteiger charge is -2.28. The number of anilines is 1. The number of halogens is 2. The van der Waals surface area contributed by atoms with Crippen LogP contribution < -0.4 is 4.90 Å². The second-order valence-electron chi connectivity index (χ2n) is 3.13. The molecule has 6 heteroatoms. The van der Waals surface area contributed by atoms with Crippen LogP contribution >= 0.6 is 46.1 Å². The Balaban J connectivity index is 0.000000512. The van der Waals surface area contributed by atoms with Gasteiger partial charge in [0.25, 0.3) is 0 Å². The predicted octanol–water partition coefficient (Wildman–Crippen LogP) is 3.98. The van der Waals surface area contributed by atoms with Crippen LogP contribution in [0.1, 0.15) is 7.43 Å². The Hall–Kier alpha value is 0.0300. The highest BCUT2D eigenvalue weighted by molar-refractivity contribution is 14.2. The predicted molar refractivity (Wildman–Crippen MR) is 92.1 cm³/mol. The van der Waals surface area contributed by atoms with Crippen molar-refractivity contribution in [2.75, 3.05) is 31.2 Å². The van der Waals surface area contributed by atoms with Crippen molar-refractivity contribution < 1.29 is 4.74 Å². The van der Waals surface area contributed by atoms with Gasteiger partial charge >= 0.3 is 0 Å². The van der Waals surface area contributed by atoms with Gasteiger partial charge in [-0.25, -0.2) is 4.98 Å². The monoisotopic (exact) mass is 442 g/mol. The quantitative estimate of drug-likeness (QED) is 0.373. The average molecular weight is 443 g/mol. The zero-order valence-corrected chi connectivity index (χ0v) is 13.7. The van der Waals surface area contributed by atoms with Crippen LogP contribution in [0.15, 0.2) is 22.9 Å². The maximum Gasteiger partial charge on any atom is 0.106 e. The van der Waals surface area contributed by atoms with Crippen molar-refractivity contribution in [1.82, 2.24) is 4.98 Å². The zero-order valence-electron chi connectivity index (χ0n) is 9.10. The minimum Gasteiger partial charge on any atom is -0.378 e. The third-order valence-corrected chi connectivity index (χ3v) is 3.45. The summed E-state index contributed by atoms with van der Waals surface area (Å²) in [6, 6.07) is 4.03. The Labute approximate surface area is 134 Å². The van der Waals surface area contributed by atoms with Crippen LogP contribution in [0.5, 0.6) is 0 Å². The van der Waals surface area contributed by atoms with Gasteiger partial charge in [0.1, 0.15) is 4.60 Å². The number of hydrogen-bond donors (Lipinski definition) is 0. The number of hydrogen-bond acceptors (Lipinski definition) is 4. The maximum atomic E-state index is 5.27. The highest BCUT2D eigenvalue weighted by Gasteiger charge is 2.10. The summed E-state index contributed by atoms with van der Waals surface area (Å²) in [6.07, 6.45) is 6.62. The molecule has 1 fully saturated rings. The molecule has 0 amide bonds. The van der Waals surface area contributed by atoms with Crippen LogP contribution in [-0.2, 0) is 4.74 Å². The first kappa shape index (κ1) is 18.0. The van der Waals surface area contributed by atoms with Crippen molar-refractivity contribution in [3.8, 4) is 11.7 Å². The summed E-state index contributed by atoms with van der Waals surface area (Å²) in [7, 11) is 1.35. The first-order valence-corrected chi connectivity index (χ1v) is 9.10.